The molecule has 0 radical (unpaired) electrons. The summed E-state index contributed by atoms with van der Waals surface area (Å²) in [4.78, 5) is 8.39. The maximum absolute atomic E-state index is 5.66. The van der Waals surface area contributed by atoms with Crippen LogP contribution in [0.2, 0.25) is 10.3 Å². The van der Waals surface area contributed by atoms with Gasteiger partial charge >= 0.3 is 0 Å². The quantitative estimate of drug-likeness (QED) is 0.598. The van der Waals surface area contributed by atoms with Gasteiger partial charge in [0.1, 0.15) is 16.4 Å². The molecule has 5 heteroatoms. The van der Waals surface area contributed by atoms with E-state index < -0.39 is 0 Å². The zero-order chi connectivity index (χ0) is 9.14. The molecule has 3 nitrogen and oxygen atoms in total. The minimum atomic E-state index is -0.233. The van der Waals surface area contributed by atoms with Crippen LogP contribution in [0.15, 0.2) is 12.1 Å². The lowest BCUT2D eigenvalue weighted by molar-refractivity contribution is 0.0664. The molecule has 1 rings (SSSR count). The topological polar surface area (TPSA) is 48.1 Å². The standard InChI is InChI=1S/C7H8Cl2N2O/c1-4(12-10)5-2-6(8)11-7(9)3-5/h2-4H,10H2,1H3. The molecule has 0 fully saturated rings. The Labute approximate surface area is 80.4 Å². The van der Waals surface area contributed by atoms with Gasteiger partial charge in [-0.1, -0.05) is 23.2 Å². The minimum Gasteiger partial charge on any atom is -0.297 e. The lowest BCUT2D eigenvalue weighted by Gasteiger charge is -2.08. The van der Waals surface area contributed by atoms with Crippen LogP contribution >= 0.6 is 23.2 Å². The van der Waals surface area contributed by atoms with Crippen LogP contribution in [0.4, 0.5) is 0 Å². The normalized spacial score (nSPS) is 13.0. The fraction of sp³-hybridized carbons (Fsp3) is 0.286. The van der Waals surface area contributed by atoms with E-state index >= 15 is 0 Å². The van der Waals surface area contributed by atoms with Crippen LogP contribution in [0.1, 0.15) is 18.6 Å². The first-order valence-electron chi connectivity index (χ1n) is 3.32. The number of aromatic nitrogens is 1. The molecule has 1 aromatic rings. The number of hydrogen-bond acceptors (Lipinski definition) is 3. The summed E-state index contributed by atoms with van der Waals surface area (Å²) in [7, 11) is 0. The van der Waals surface area contributed by atoms with E-state index in [9.17, 15) is 0 Å². The van der Waals surface area contributed by atoms with Gasteiger partial charge in [-0.3, -0.25) is 4.84 Å². The molecule has 1 aromatic heterocycles. The highest BCUT2D eigenvalue weighted by molar-refractivity contribution is 6.32. The molecule has 2 N–H and O–H groups in total. The van der Waals surface area contributed by atoms with E-state index in [1.54, 1.807) is 19.1 Å². The Hall–Kier alpha value is -0.350. The van der Waals surface area contributed by atoms with Gasteiger partial charge in [-0.05, 0) is 24.6 Å². The Kier molecular flexibility index (Phi) is 3.29. The van der Waals surface area contributed by atoms with Gasteiger partial charge in [0.15, 0.2) is 0 Å². The molecule has 0 aliphatic carbocycles. The van der Waals surface area contributed by atoms with Gasteiger partial charge in [0.2, 0.25) is 0 Å². The molecule has 0 amide bonds. The minimum absolute atomic E-state index is 0.233. The van der Waals surface area contributed by atoms with Crippen molar-refractivity contribution >= 4 is 23.2 Å². The molecular weight excluding hydrogens is 199 g/mol. The first-order valence-corrected chi connectivity index (χ1v) is 4.07. The molecule has 12 heavy (non-hydrogen) atoms. The number of nitrogens with zero attached hydrogens (tertiary/aromatic N) is 1. The fourth-order valence-corrected chi connectivity index (χ4v) is 1.27. The highest BCUT2D eigenvalue weighted by Gasteiger charge is 2.06. The molecule has 1 atom stereocenters. The van der Waals surface area contributed by atoms with Gasteiger partial charge in [0.25, 0.3) is 0 Å². The van der Waals surface area contributed by atoms with E-state index in [0.29, 0.717) is 10.3 Å². The smallest absolute Gasteiger partial charge is 0.131 e. The average Bonchev–Trinajstić information content (AvgIpc) is 2.01. The van der Waals surface area contributed by atoms with Crippen molar-refractivity contribution in [3.05, 3.63) is 28.0 Å². The van der Waals surface area contributed by atoms with E-state index in [1.165, 1.54) is 0 Å². The molecule has 66 valence electrons. The van der Waals surface area contributed by atoms with Crippen molar-refractivity contribution in [1.29, 1.82) is 0 Å². The first-order chi connectivity index (χ1) is 5.63. The molecule has 0 aliphatic heterocycles. The van der Waals surface area contributed by atoms with Crippen molar-refractivity contribution in [3.63, 3.8) is 0 Å². The van der Waals surface area contributed by atoms with E-state index in [2.05, 4.69) is 9.82 Å². The Bertz CT molecular complexity index is 260. The lowest BCUT2D eigenvalue weighted by Crippen LogP contribution is -2.05. The summed E-state index contributed by atoms with van der Waals surface area (Å²) in [5.41, 5.74) is 0.808. The Morgan fingerprint density at radius 3 is 2.33 bits per heavy atom. The van der Waals surface area contributed by atoms with Crippen molar-refractivity contribution in [2.24, 2.45) is 5.90 Å². The van der Waals surface area contributed by atoms with Gasteiger partial charge in [-0.25, -0.2) is 10.9 Å². The van der Waals surface area contributed by atoms with Crippen LogP contribution in [-0.2, 0) is 4.84 Å². The van der Waals surface area contributed by atoms with Crippen LogP contribution in [0.5, 0.6) is 0 Å². The second-order valence-electron chi connectivity index (χ2n) is 2.32. The third kappa shape index (κ3) is 2.32. The Morgan fingerprint density at radius 2 is 1.92 bits per heavy atom. The fourth-order valence-electron chi connectivity index (χ4n) is 0.797. The number of pyridine rings is 1. The first kappa shape index (κ1) is 9.74. The molecule has 0 bridgehead atoms. The Balaban J connectivity index is 3.00. The van der Waals surface area contributed by atoms with E-state index in [1.807, 2.05) is 0 Å². The van der Waals surface area contributed by atoms with Crippen LogP contribution in [0.25, 0.3) is 0 Å². The number of hydrogen-bond donors (Lipinski definition) is 1. The summed E-state index contributed by atoms with van der Waals surface area (Å²) in [6.45, 7) is 1.79. The third-order valence-electron chi connectivity index (χ3n) is 1.46. The third-order valence-corrected chi connectivity index (χ3v) is 1.85. The van der Waals surface area contributed by atoms with Gasteiger partial charge in [-0.2, -0.15) is 0 Å². The highest BCUT2D eigenvalue weighted by Crippen LogP contribution is 2.21. The summed E-state index contributed by atoms with van der Waals surface area (Å²) < 4.78 is 0. The molecule has 0 aromatic carbocycles. The summed E-state index contributed by atoms with van der Waals surface area (Å²) >= 11 is 11.3. The zero-order valence-electron chi connectivity index (χ0n) is 6.42. The molecular formula is C7H8Cl2N2O. The predicted molar refractivity (Wildman–Crippen MR) is 47.9 cm³/mol. The van der Waals surface area contributed by atoms with Crippen LogP contribution < -0.4 is 5.90 Å². The van der Waals surface area contributed by atoms with Crippen molar-refractivity contribution < 1.29 is 4.84 Å². The van der Waals surface area contributed by atoms with Crippen molar-refractivity contribution in [1.82, 2.24) is 4.98 Å². The van der Waals surface area contributed by atoms with Crippen LogP contribution in [-0.4, -0.2) is 4.98 Å². The van der Waals surface area contributed by atoms with Crippen molar-refractivity contribution in [2.75, 3.05) is 0 Å². The number of halogens is 2. The molecule has 0 spiro atoms. The summed E-state index contributed by atoms with van der Waals surface area (Å²) in [6.07, 6.45) is -0.233. The average molecular weight is 207 g/mol. The molecule has 0 saturated heterocycles. The van der Waals surface area contributed by atoms with Crippen molar-refractivity contribution in [3.8, 4) is 0 Å². The largest absolute Gasteiger partial charge is 0.297 e. The number of nitrogens with two attached hydrogens (primary N) is 1. The van der Waals surface area contributed by atoms with E-state index in [-0.39, 0.29) is 6.10 Å². The van der Waals surface area contributed by atoms with Gasteiger partial charge in [0, 0.05) is 0 Å². The summed E-state index contributed by atoms with van der Waals surface area (Å²) in [5, 5.41) is 0.669. The van der Waals surface area contributed by atoms with Crippen molar-refractivity contribution in [2.45, 2.75) is 13.0 Å². The Morgan fingerprint density at radius 1 is 1.42 bits per heavy atom. The second kappa shape index (κ2) is 4.05. The SMILES string of the molecule is CC(ON)c1cc(Cl)nc(Cl)c1. The zero-order valence-corrected chi connectivity index (χ0v) is 7.93. The van der Waals surface area contributed by atoms with Crippen LogP contribution in [0, 0.1) is 0 Å². The second-order valence-corrected chi connectivity index (χ2v) is 3.10. The maximum atomic E-state index is 5.66. The number of rotatable bonds is 2. The molecule has 1 unspecified atom stereocenters. The maximum Gasteiger partial charge on any atom is 0.131 e. The predicted octanol–water partition coefficient (Wildman–Crippen LogP) is 2.34. The van der Waals surface area contributed by atoms with E-state index in [0.717, 1.165) is 5.56 Å². The monoisotopic (exact) mass is 206 g/mol. The summed E-state index contributed by atoms with van der Waals surface area (Å²) in [5.74, 6) is 5.00. The van der Waals surface area contributed by atoms with E-state index in [4.69, 9.17) is 29.1 Å². The van der Waals surface area contributed by atoms with Crippen LogP contribution in [0.3, 0.4) is 0 Å². The lowest BCUT2D eigenvalue weighted by atomic mass is 10.2. The molecule has 0 saturated carbocycles. The highest BCUT2D eigenvalue weighted by atomic mass is 35.5. The van der Waals surface area contributed by atoms with Gasteiger partial charge in [-0.15, -0.1) is 0 Å². The molecule has 1 heterocycles. The van der Waals surface area contributed by atoms with Gasteiger partial charge in [0.05, 0.1) is 0 Å². The molecule has 0 aliphatic rings. The summed E-state index contributed by atoms with van der Waals surface area (Å²) in [6, 6.07) is 3.32. The van der Waals surface area contributed by atoms with Gasteiger partial charge < -0.3 is 0 Å².